The highest BCUT2D eigenvalue weighted by molar-refractivity contribution is 5.20. The van der Waals surface area contributed by atoms with Gasteiger partial charge >= 0.3 is 0 Å². The Morgan fingerprint density at radius 3 is 2.80 bits per heavy atom. The minimum absolute atomic E-state index is 0.00347. The quantitative estimate of drug-likeness (QED) is 0.521. The van der Waals surface area contributed by atoms with E-state index in [0.717, 1.165) is 12.8 Å². The molecule has 0 atom stereocenters. The standard InChI is InChI=1S/C8H8N2/c1-2-8(3-4-8)10-6-5-9-7-10/h1,5-7H,3-4H2. The Labute approximate surface area is 59.9 Å². The van der Waals surface area contributed by atoms with E-state index in [-0.39, 0.29) is 5.54 Å². The topological polar surface area (TPSA) is 17.8 Å². The maximum absolute atomic E-state index is 5.36. The van der Waals surface area contributed by atoms with E-state index in [1.165, 1.54) is 0 Å². The van der Waals surface area contributed by atoms with Crippen molar-refractivity contribution in [3.05, 3.63) is 18.7 Å². The third-order valence-electron chi connectivity index (χ3n) is 1.99. The van der Waals surface area contributed by atoms with Gasteiger partial charge in [0.2, 0.25) is 0 Å². The summed E-state index contributed by atoms with van der Waals surface area (Å²) in [6.07, 6.45) is 13.0. The summed E-state index contributed by atoms with van der Waals surface area (Å²) in [6, 6.07) is 0. The van der Waals surface area contributed by atoms with Crippen LogP contribution in [0.2, 0.25) is 0 Å². The normalized spacial score (nSPS) is 19.9. The molecular formula is C8H8N2. The Morgan fingerprint density at radius 2 is 2.40 bits per heavy atom. The summed E-state index contributed by atoms with van der Waals surface area (Å²) in [6.45, 7) is 0. The van der Waals surface area contributed by atoms with Gasteiger partial charge in [-0.25, -0.2) is 4.98 Å². The molecule has 2 heteroatoms. The molecule has 1 heterocycles. The number of aromatic nitrogens is 2. The molecule has 1 fully saturated rings. The van der Waals surface area contributed by atoms with Crippen molar-refractivity contribution in [3.8, 4) is 12.3 Å². The molecular weight excluding hydrogens is 124 g/mol. The van der Waals surface area contributed by atoms with Gasteiger partial charge in [0.1, 0.15) is 5.54 Å². The summed E-state index contributed by atoms with van der Waals surface area (Å²) in [4.78, 5) is 3.94. The number of rotatable bonds is 1. The van der Waals surface area contributed by atoms with Crippen molar-refractivity contribution >= 4 is 0 Å². The van der Waals surface area contributed by atoms with Crippen LogP contribution in [-0.4, -0.2) is 9.55 Å². The Bertz CT molecular complexity index is 262. The summed E-state index contributed by atoms with van der Waals surface area (Å²) in [5, 5.41) is 0. The molecule has 0 radical (unpaired) electrons. The Hall–Kier alpha value is -1.23. The number of hydrogen-bond donors (Lipinski definition) is 0. The summed E-state index contributed by atoms with van der Waals surface area (Å²) in [7, 11) is 0. The third-order valence-corrected chi connectivity index (χ3v) is 1.99. The van der Waals surface area contributed by atoms with Crippen molar-refractivity contribution in [3.63, 3.8) is 0 Å². The molecule has 0 bridgehead atoms. The van der Waals surface area contributed by atoms with Crippen molar-refractivity contribution < 1.29 is 0 Å². The van der Waals surface area contributed by atoms with E-state index in [9.17, 15) is 0 Å². The van der Waals surface area contributed by atoms with Crippen molar-refractivity contribution in [1.29, 1.82) is 0 Å². The first-order valence-corrected chi connectivity index (χ1v) is 3.34. The van der Waals surface area contributed by atoms with Gasteiger partial charge in [-0.15, -0.1) is 6.42 Å². The van der Waals surface area contributed by atoms with Gasteiger partial charge in [-0.2, -0.15) is 0 Å². The zero-order chi connectivity index (χ0) is 7.03. The highest BCUT2D eigenvalue weighted by atomic mass is 15.1. The average molecular weight is 132 g/mol. The van der Waals surface area contributed by atoms with E-state index >= 15 is 0 Å². The van der Waals surface area contributed by atoms with Crippen LogP contribution in [-0.2, 0) is 5.54 Å². The van der Waals surface area contributed by atoms with Gasteiger partial charge in [0, 0.05) is 12.4 Å². The fraction of sp³-hybridized carbons (Fsp3) is 0.375. The summed E-state index contributed by atoms with van der Waals surface area (Å²) in [5.74, 6) is 2.78. The van der Waals surface area contributed by atoms with Crippen molar-refractivity contribution in [1.82, 2.24) is 9.55 Å². The largest absolute Gasteiger partial charge is 0.320 e. The van der Waals surface area contributed by atoms with Crippen molar-refractivity contribution in [2.75, 3.05) is 0 Å². The SMILES string of the molecule is C#CC1(n2ccnc2)CC1. The summed E-state index contributed by atoms with van der Waals surface area (Å²) >= 11 is 0. The number of nitrogens with zero attached hydrogens (tertiary/aromatic N) is 2. The molecule has 2 rings (SSSR count). The van der Waals surface area contributed by atoms with Gasteiger partial charge in [0.05, 0.1) is 6.33 Å². The number of imidazole rings is 1. The van der Waals surface area contributed by atoms with E-state index in [2.05, 4.69) is 10.9 Å². The van der Waals surface area contributed by atoms with Gasteiger partial charge in [-0.1, -0.05) is 5.92 Å². The lowest BCUT2D eigenvalue weighted by atomic mass is 10.3. The fourth-order valence-corrected chi connectivity index (χ4v) is 1.11. The molecule has 10 heavy (non-hydrogen) atoms. The van der Waals surface area contributed by atoms with Crippen LogP contribution in [0.4, 0.5) is 0 Å². The van der Waals surface area contributed by atoms with E-state index in [1.807, 2.05) is 10.8 Å². The highest BCUT2D eigenvalue weighted by Crippen LogP contribution is 2.42. The van der Waals surface area contributed by atoms with Gasteiger partial charge in [-0.3, -0.25) is 0 Å². The van der Waals surface area contributed by atoms with E-state index in [4.69, 9.17) is 6.42 Å². The molecule has 0 saturated heterocycles. The Kier molecular flexibility index (Phi) is 0.906. The number of hydrogen-bond acceptors (Lipinski definition) is 1. The zero-order valence-corrected chi connectivity index (χ0v) is 5.62. The molecule has 0 spiro atoms. The monoisotopic (exact) mass is 132 g/mol. The maximum atomic E-state index is 5.36. The van der Waals surface area contributed by atoms with Gasteiger partial charge in [0.15, 0.2) is 0 Å². The smallest absolute Gasteiger partial charge is 0.106 e. The second-order valence-corrected chi connectivity index (χ2v) is 2.65. The summed E-state index contributed by atoms with van der Waals surface area (Å²) < 4.78 is 2.01. The van der Waals surface area contributed by atoms with Crippen molar-refractivity contribution in [2.45, 2.75) is 18.4 Å². The molecule has 0 amide bonds. The fourth-order valence-electron chi connectivity index (χ4n) is 1.11. The second kappa shape index (κ2) is 1.63. The molecule has 50 valence electrons. The molecule has 1 aromatic heterocycles. The average Bonchev–Trinajstić information content (AvgIpc) is 2.58. The molecule has 0 unspecified atom stereocenters. The van der Waals surface area contributed by atoms with Crippen LogP contribution in [0.5, 0.6) is 0 Å². The minimum Gasteiger partial charge on any atom is -0.320 e. The molecule has 0 N–H and O–H groups in total. The molecule has 1 aliphatic rings. The van der Waals surface area contributed by atoms with Crippen molar-refractivity contribution in [2.24, 2.45) is 0 Å². The third kappa shape index (κ3) is 0.577. The lowest BCUT2D eigenvalue weighted by Crippen LogP contribution is -2.11. The van der Waals surface area contributed by atoms with Gasteiger partial charge in [-0.05, 0) is 12.8 Å². The molecule has 1 aliphatic carbocycles. The van der Waals surface area contributed by atoms with E-state index in [0.29, 0.717) is 0 Å². The van der Waals surface area contributed by atoms with Crippen LogP contribution in [0.1, 0.15) is 12.8 Å². The highest BCUT2D eigenvalue weighted by Gasteiger charge is 2.42. The zero-order valence-electron chi connectivity index (χ0n) is 5.62. The first-order valence-electron chi connectivity index (χ1n) is 3.34. The van der Waals surface area contributed by atoms with E-state index < -0.39 is 0 Å². The lowest BCUT2D eigenvalue weighted by molar-refractivity contribution is 0.617. The Morgan fingerprint density at radius 1 is 1.60 bits per heavy atom. The first kappa shape index (κ1) is 5.55. The first-order chi connectivity index (χ1) is 4.87. The van der Waals surface area contributed by atoms with Crippen LogP contribution in [0.3, 0.4) is 0 Å². The van der Waals surface area contributed by atoms with Crippen LogP contribution >= 0.6 is 0 Å². The van der Waals surface area contributed by atoms with Crippen LogP contribution in [0, 0.1) is 12.3 Å². The molecule has 1 aromatic rings. The molecule has 2 nitrogen and oxygen atoms in total. The van der Waals surface area contributed by atoms with Crippen LogP contribution < -0.4 is 0 Å². The second-order valence-electron chi connectivity index (χ2n) is 2.65. The predicted octanol–water partition coefficient (Wildman–Crippen LogP) is 1.01. The van der Waals surface area contributed by atoms with Crippen LogP contribution in [0.15, 0.2) is 18.7 Å². The van der Waals surface area contributed by atoms with Crippen LogP contribution in [0.25, 0.3) is 0 Å². The molecule has 0 aromatic carbocycles. The lowest BCUT2D eigenvalue weighted by Gasteiger charge is -2.06. The minimum atomic E-state index is -0.00347. The predicted molar refractivity (Wildman–Crippen MR) is 38.3 cm³/mol. The Balaban J connectivity index is 2.38. The summed E-state index contributed by atoms with van der Waals surface area (Å²) in [5.41, 5.74) is -0.00347. The maximum Gasteiger partial charge on any atom is 0.106 e. The molecule has 0 aliphatic heterocycles. The number of terminal acetylenes is 1. The van der Waals surface area contributed by atoms with Gasteiger partial charge in [0.25, 0.3) is 0 Å². The molecule has 1 saturated carbocycles. The van der Waals surface area contributed by atoms with E-state index in [1.54, 1.807) is 12.5 Å². The van der Waals surface area contributed by atoms with Gasteiger partial charge < -0.3 is 4.57 Å².